The number of nitrogens with one attached hydrogen (secondary N) is 2. The number of hydrogen-bond donors (Lipinski definition) is 2. The number of imidazole rings is 1. The molecule has 0 spiro atoms. The first-order valence-electron chi connectivity index (χ1n) is 6.85. The van der Waals surface area contributed by atoms with E-state index >= 15 is 0 Å². The highest BCUT2D eigenvalue weighted by Gasteiger charge is 2.13. The fourth-order valence-corrected chi connectivity index (χ4v) is 2.22. The molecule has 106 valence electrons. The summed E-state index contributed by atoms with van der Waals surface area (Å²) in [5, 5.41) is 2.95. The van der Waals surface area contributed by atoms with Crippen LogP contribution in [-0.2, 0) is 11.2 Å². The molecule has 0 saturated heterocycles. The van der Waals surface area contributed by atoms with Crippen LogP contribution in [0.1, 0.15) is 24.4 Å². The molecular formula is C16H16N4O. The first kappa shape index (κ1) is 13.3. The molecule has 1 amide bonds. The quantitative estimate of drug-likeness (QED) is 0.770. The lowest BCUT2D eigenvalue weighted by Crippen LogP contribution is -2.28. The van der Waals surface area contributed by atoms with Crippen molar-refractivity contribution in [1.82, 2.24) is 20.3 Å². The Kier molecular flexibility index (Phi) is 3.64. The highest BCUT2D eigenvalue weighted by Crippen LogP contribution is 2.15. The summed E-state index contributed by atoms with van der Waals surface area (Å²) in [7, 11) is 0. The maximum Gasteiger partial charge on any atom is 0.224 e. The molecule has 3 aromatic rings. The highest BCUT2D eigenvalue weighted by molar-refractivity contribution is 5.79. The number of hydrogen-bond acceptors (Lipinski definition) is 3. The number of nitrogens with zero attached hydrogens (tertiary/aromatic N) is 2. The molecule has 1 atom stereocenters. The van der Waals surface area contributed by atoms with Crippen LogP contribution in [0.25, 0.3) is 11.0 Å². The molecule has 2 aromatic heterocycles. The Bertz CT molecular complexity index is 718. The number of amides is 1. The van der Waals surface area contributed by atoms with Gasteiger partial charge in [-0.15, -0.1) is 0 Å². The molecule has 0 bridgehead atoms. The Morgan fingerprint density at radius 3 is 2.76 bits per heavy atom. The van der Waals surface area contributed by atoms with Crippen molar-refractivity contribution in [2.75, 3.05) is 0 Å². The van der Waals surface area contributed by atoms with E-state index in [1.165, 1.54) is 0 Å². The van der Waals surface area contributed by atoms with Crippen LogP contribution in [-0.4, -0.2) is 20.9 Å². The lowest BCUT2D eigenvalue weighted by atomic mass is 10.2. The molecule has 2 N–H and O–H groups in total. The lowest BCUT2D eigenvalue weighted by Gasteiger charge is -2.11. The molecule has 2 heterocycles. The number of H-pyrrole nitrogens is 1. The number of rotatable bonds is 4. The van der Waals surface area contributed by atoms with Gasteiger partial charge in [0.05, 0.1) is 23.5 Å². The van der Waals surface area contributed by atoms with Crippen molar-refractivity contribution < 1.29 is 4.79 Å². The molecule has 0 saturated carbocycles. The normalized spacial score (nSPS) is 12.2. The largest absolute Gasteiger partial charge is 0.346 e. The van der Waals surface area contributed by atoms with Crippen molar-refractivity contribution in [2.24, 2.45) is 0 Å². The molecule has 5 heteroatoms. The van der Waals surface area contributed by atoms with Crippen LogP contribution in [0.4, 0.5) is 0 Å². The van der Waals surface area contributed by atoms with Crippen molar-refractivity contribution in [1.29, 1.82) is 0 Å². The number of fused-ring (bicyclic) bond motifs is 1. The fourth-order valence-electron chi connectivity index (χ4n) is 2.22. The lowest BCUT2D eigenvalue weighted by molar-refractivity contribution is -0.121. The zero-order valence-electron chi connectivity index (χ0n) is 11.7. The number of benzene rings is 1. The first-order valence-corrected chi connectivity index (χ1v) is 6.85. The molecule has 21 heavy (non-hydrogen) atoms. The van der Waals surface area contributed by atoms with Gasteiger partial charge in [-0.1, -0.05) is 12.1 Å². The standard InChI is InChI=1S/C16H16N4O/c1-11(16-19-13-4-2-3-5-14(13)20-16)18-15(21)10-12-6-8-17-9-7-12/h2-9,11H,10H2,1H3,(H,18,21)(H,19,20). The van der Waals surface area contributed by atoms with Gasteiger partial charge in [0.25, 0.3) is 0 Å². The minimum absolute atomic E-state index is 0.0332. The van der Waals surface area contributed by atoms with Crippen LogP contribution in [0.5, 0.6) is 0 Å². The van der Waals surface area contributed by atoms with Crippen LogP contribution >= 0.6 is 0 Å². The van der Waals surface area contributed by atoms with Crippen LogP contribution in [0.2, 0.25) is 0 Å². The van der Waals surface area contributed by atoms with Crippen molar-refractivity contribution in [2.45, 2.75) is 19.4 Å². The Hall–Kier alpha value is -2.69. The van der Waals surface area contributed by atoms with E-state index < -0.39 is 0 Å². The molecule has 0 fully saturated rings. The predicted molar refractivity (Wildman–Crippen MR) is 80.6 cm³/mol. The molecule has 0 aliphatic rings. The van der Waals surface area contributed by atoms with Crippen molar-refractivity contribution in [3.63, 3.8) is 0 Å². The SMILES string of the molecule is CC(NC(=O)Cc1ccncc1)c1nc2ccccc2[nH]1. The minimum Gasteiger partial charge on any atom is -0.346 e. The zero-order chi connectivity index (χ0) is 14.7. The van der Waals surface area contributed by atoms with Gasteiger partial charge in [-0.25, -0.2) is 4.98 Å². The maximum absolute atomic E-state index is 12.0. The van der Waals surface area contributed by atoms with Gasteiger partial charge in [0.15, 0.2) is 0 Å². The summed E-state index contributed by atoms with van der Waals surface area (Å²) in [5.41, 5.74) is 2.82. The number of para-hydroxylation sites is 2. The second-order valence-corrected chi connectivity index (χ2v) is 4.96. The minimum atomic E-state index is -0.160. The molecule has 0 aliphatic carbocycles. The van der Waals surface area contributed by atoms with Crippen molar-refractivity contribution in [3.05, 3.63) is 60.2 Å². The fraction of sp³-hybridized carbons (Fsp3) is 0.188. The number of aromatic amines is 1. The van der Waals surface area contributed by atoms with Crippen molar-refractivity contribution in [3.8, 4) is 0 Å². The van der Waals surface area contributed by atoms with E-state index in [1.54, 1.807) is 12.4 Å². The smallest absolute Gasteiger partial charge is 0.224 e. The van der Waals surface area contributed by atoms with Crippen molar-refractivity contribution >= 4 is 16.9 Å². The highest BCUT2D eigenvalue weighted by atomic mass is 16.1. The van der Waals surface area contributed by atoms with Gasteiger partial charge >= 0.3 is 0 Å². The summed E-state index contributed by atoms with van der Waals surface area (Å²) >= 11 is 0. The van der Waals surface area contributed by atoms with Gasteiger partial charge in [0.1, 0.15) is 5.82 Å². The predicted octanol–water partition coefficient (Wildman–Crippen LogP) is 2.38. The Labute approximate surface area is 122 Å². The van der Waals surface area contributed by atoms with E-state index in [1.807, 2.05) is 43.3 Å². The van der Waals surface area contributed by atoms with Crippen LogP contribution < -0.4 is 5.32 Å². The molecule has 1 unspecified atom stereocenters. The Balaban J connectivity index is 1.68. The Morgan fingerprint density at radius 2 is 2.00 bits per heavy atom. The summed E-state index contributed by atoms with van der Waals surface area (Å²) < 4.78 is 0. The molecule has 1 aromatic carbocycles. The van der Waals surface area contributed by atoms with E-state index in [4.69, 9.17) is 0 Å². The van der Waals surface area contributed by atoms with Gasteiger partial charge in [-0.05, 0) is 36.8 Å². The van der Waals surface area contributed by atoms with E-state index in [0.29, 0.717) is 6.42 Å². The summed E-state index contributed by atoms with van der Waals surface area (Å²) in [5.74, 6) is 0.730. The Morgan fingerprint density at radius 1 is 1.24 bits per heavy atom. The topological polar surface area (TPSA) is 70.7 Å². The van der Waals surface area contributed by atoms with E-state index in [2.05, 4.69) is 20.3 Å². The van der Waals surface area contributed by atoms with Crippen LogP contribution in [0.3, 0.4) is 0 Å². The summed E-state index contributed by atoms with van der Waals surface area (Å²) in [6.45, 7) is 1.92. The summed E-state index contributed by atoms with van der Waals surface area (Å²) in [6.07, 6.45) is 3.71. The average molecular weight is 280 g/mol. The number of pyridine rings is 1. The third-order valence-electron chi connectivity index (χ3n) is 3.31. The third-order valence-corrected chi connectivity index (χ3v) is 3.31. The molecule has 3 rings (SSSR count). The average Bonchev–Trinajstić information content (AvgIpc) is 2.92. The van der Waals surface area contributed by atoms with E-state index in [9.17, 15) is 4.79 Å². The second kappa shape index (κ2) is 5.75. The first-order chi connectivity index (χ1) is 10.2. The van der Waals surface area contributed by atoms with E-state index in [0.717, 1.165) is 22.4 Å². The van der Waals surface area contributed by atoms with Gasteiger partial charge in [0, 0.05) is 12.4 Å². The molecule has 5 nitrogen and oxygen atoms in total. The van der Waals surface area contributed by atoms with E-state index in [-0.39, 0.29) is 11.9 Å². The summed E-state index contributed by atoms with van der Waals surface area (Å²) in [6, 6.07) is 11.3. The van der Waals surface area contributed by atoms with Crippen LogP contribution in [0, 0.1) is 0 Å². The number of carbonyl (C=O) groups is 1. The van der Waals surface area contributed by atoms with Gasteiger partial charge in [0.2, 0.25) is 5.91 Å². The summed E-state index contributed by atoms with van der Waals surface area (Å²) in [4.78, 5) is 23.7. The van der Waals surface area contributed by atoms with Crippen LogP contribution in [0.15, 0.2) is 48.8 Å². The third kappa shape index (κ3) is 3.08. The monoisotopic (exact) mass is 280 g/mol. The second-order valence-electron chi connectivity index (χ2n) is 4.96. The molecule has 0 radical (unpaired) electrons. The van der Waals surface area contributed by atoms with Gasteiger partial charge in [-0.2, -0.15) is 0 Å². The van der Waals surface area contributed by atoms with Gasteiger partial charge < -0.3 is 10.3 Å². The number of carbonyl (C=O) groups excluding carboxylic acids is 1. The van der Waals surface area contributed by atoms with Gasteiger partial charge in [-0.3, -0.25) is 9.78 Å². The maximum atomic E-state index is 12.0. The number of aromatic nitrogens is 3. The molecular weight excluding hydrogens is 264 g/mol. The molecule has 0 aliphatic heterocycles. The zero-order valence-corrected chi connectivity index (χ0v) is 11.7.